The Morgan fingerprint density at radius 1 is 1.32 bits per heavy atom. The minimum atomic E-state index is -0.457. The zero-order valence-corrected chi connectivity index (χ0v) is 16.0. The van der Waals surface area contributed by atoms with E-state index >= 15 is 0 Å². The molecule has 3 atom stereocenters. The summed E-state index contributed by atoms with van der Waals surface area (Å²) < 4.78 is 22.3. The molecule has 1 saturated carbocycles. The van der Waals surface area contributed by atoms with Crippen LogP contribution in [0.4, 0.5) is 4.79 Å². The average molecular weight is 356 g/mol. The highest BCUT2D eigenvalue weighted by Gasteiger charge is 2.54. The first kappa shape index (κ1) is 18.9. The molecule has 1 amide bonds. The Bertz CT molecular complexity index is 482. The van der Waals surface area contributed by atoms with E-state index in [9.17, 15) is 4.79 Å². The quantitative estimate of drug-likeness (QED) is 0.754. The lowest BCUT2D eigenvalue weighted by Gasteiger charge is -2.45. The van der Waals surface area contributed by atoms with Gasteiger partial charge in [-0.25, -0.2) is 14.8 Å². The molecule has 1 aliphatic carbocycles. The Kier molecular flexibility index (Phi) is 5.58. The normalized spacial score (nSPS) is 33.0. The number of rotatable bonds is 5. The van der Waals surface area contributed by atoms with Crippen LogP contribution in [-0.2, 0) is 18.9 Å². The number of methoxy groups -OCH3 is 2. The van der Waals surface area contributed by atoms with Crippen molar-refractivity contribution in [1.29, 1.82) is 0 Å². The molecule has 0 N–H and O–H groups in total. The Morgan fingerprint density at radius 2 is 2.04 bits per heavy atom. The lowest BCUT2D eigenvalue weighted by Crippen LogP contribution is -2.58. The molecule has 0 aromatic carbocycles. The van der Waals surface area contributed by atoms with Crippen molar-refractivity contribution in [2.45, 2.75) is 63.8 Å². The summed E-state index contributed by atoms with van der Waals surface area (Å²) in [5.74, 6) is -0.457. The summed E-state index contributed by atoms with van der Waals surface area (Å²) in [5.41, 5.74) is -0.0846. The van der Waals surface area contributed by atoms with E-state index in [4.69, 9.17) is 18.9 Å². The van der Waals surface area contributed by atoms with Crippen LogP contribution in [0.15, 0.2) is 0 Å². The summed E-state index contributed by atoms with van der Waals surface area (Å²) in [4.78, 5) is 12.7. The second kappa shape index (κ2) is 7.39. The third-order valence-electron chi connectivity index (χ3n) is 6.28. The largest absolute Gasteiger partial charge is 0.452 e. The monoisotopic (exact) mass is 356 g/mol. The van der Waals surface area contributed by atoms with Gasteiger partial charge in [-0.3, -0.25) is 0 Å². The Balaban J connectivity index is 1.80. The third-order valence-corrected chi connectivity index (χ3v) is 6.28. The topological polar surface area (TPSA) is 60.5 Å². The highest BCUT2D eigenvalue weighted by molar-refractivity contribution is 5.67. The van der Waals surface area contributed by atoms with Gasteiger partial charge in [0.1, 0.15) is 0 Å². The van der Waals surface area contributed by atoms with Gasteiger partial charge in [-0.1, -0.05) is 6.92 Å². The fourth-order valence-corrected chi connectivity index (χ4v) is 4.71. The summed E-state index contributed by atoms with van der Waals surface area (Å²) in [6, 6.07) is 0.203. The van der Waals surface area contributed by atoms with E-state index in [0.29, 0.717) is 19.8 Å². The first-order chi connectivity index (χ1) is 11.9. The van der Waals surface area contributed by atoms with Crippen LogP contribution in [-0.4, -0.2) is 74.6 Å². The molecule has 0 bridgehead atoms. The molecule has 0 aromatic rings. The van der Waals surface area contributed by atoms with Crippen LogP contribution in [0.1, 0.15) is 46.0 Å². The van der Waals surface area contributed by atoms with Gasteiger partial charge in [0.2, 0.25) is 0 Å². The maximum Gasteiger partial charge on any atom is 0.424 e. The molecule has 0 aromatic heterocycles. The van der Waals surface area contributed by atoms with E-state index in [2.05, 4.69) is 18.9 Å². The third kappa shape index (κ3) is 3.52. The first-order valence-corrected chi connectivity index (χ1v) is 9.35. The zero-order valence-electron chi connectivity index (χ0n) is 16.0. The van der Waals surface area contributed by atoms with Crippen molar-refractivity contribution in [3.8, 4) is 0 Å². The zero-order chi connectivity index (χ0) is 18.1. The fraction of sp³-hybridized carbons (Fsp3) is 0.944. The maximum atomic E-state index is 12.7. The molecule has 1 spiro atoms. The lowest BCUT2D eigenvalue weighted by atomic mass is 9.80. The molecule has 7 heteroatoms. The Hall–Kier alpha value is -0.890. The molecule has 7 nitrogen and oxygen atoms in total. The van der Waals surface area contributed by atoms with Crippen molar-refractivity contribution in [3.63, 3.8) is 0 Å². The van der Waals surface area contributed by atoms with Crippen LogP contribution in [0, 0.1) is 5.41 Å². The van der Waals surface area contributed by atoms with E-state index in [1.807, 2.05) is 5.01 Å². The molecule has 0 radical (unpaired) electrons. The van der Waals surface area contributed by atoms with Crippen LogP contribution >= 0.6 is 0 Å². The highest BCUT2D eigenvalue weighted by Crippen LogP contribution is 2.51. The van der Waals surface area contributed by atoms with Gasteiger partial charge in [0.25, 0.3) is 0 Å². The van der Waals surface area contributed by atoms with E-state index < -0.39 is 5.79 Å². The first-order valence-electron chi connectivity index (χ1n) is 9.35. The van der Waals surface area contributed by atoms with Gasteiger partial charge in [0, 0.05) is 26.5 Å². The molecule has 3 fully saturated rings. The molecular formula is C18H32N2O5. The molecule has 2 heterocycles. The van der Waals surface area contributed by atoms with Crippen molar-refractivity contribution in [2.75, 3.05) is 40.6 Å². The second-order valence-electron chi connectivity index (χ2n) is 7.84. The molecule has 3 rings (SSSR count). The summed E-state index contributed by atoms with van der Waals surface area (Å²) >= 11 is 0. The van der Waals surface area contributed by atoms with Crippen molar-refractivity contribution in [3.05, 3.63) is 0 Å². The number of carbonyl (C=O) groups is 1. The summed E-state index contributed by atoms with van der Waals surface area (Å²) in [7, 11) is 3.16. The summed E-state index contributed by atoms with van der Waals surface area (Å²) in [5, 5.41) is 3.97. The molecule has 2 saturated heterocycles. The molecule has 144 valence electrons. The average Bonchev–Trinajstić information content (AvgIpc) is 3.31. The molecule has 0 unspecified atom stereocenters. The van der Waals surface area contributed by atoms with Gasteiger partial charge in [0.05, 0.1) is 39.0 Å². The lowest BCUT2D eigenvalue weighted by molar-refractivity contribution is -0.163. The standard InChI is InChI=1S/C18H32N2O5/c1-14(17(2)7-8-18(13-17)24-10-11-25-18)20(16(21)23-4)19-9-5-6-15(19)12-22-3/h14-15H,5-13H2,1-4H3/t14-,15+,17-/m1/s1. The Morgan fingerprint density at radius 3 is 2.68 bits per heavy atom. The van der Waals surface area contributed by atoms with Gasteiger partial charge >= 0.3 is 6.09 Å². The second-order valence-corrected chi connectivity index (χ2v) is 7.84. The molecule has 25 heavy (non-hydrogen) atoms. The number of hydrogen-bond acceptors (Lipinski definition) is 6. The van der Waals surface area contributed by atoms with Crippen LogP contribution in [0.3, 0.4) is 0 Å². The molecule has 2 aliphatic heterocycles. The smallest absolute Gasteiger partial charge is 0.424 e. The van der Waals surface area contributed by atoms with E-state index in [-0.39, 0.29) is 23.6 Å². The van der Waals surface area contributed by atoms with Crippen molar-refractivity contribution < 1.29 is 23.7 Å². The molecular weight excluding hydrogens is 324 g/mol. The SMILES string of the molecule is COC[C@@H]1CCCN1N(C(=O)OC)[C@H](C)[C@]1(C)CCC2(C1)OCCO2. The fourth-order valence-electron chi connectivity index (χ4n) is 4.71. The summed E-state index contributed by atoms with van der Waals surface area (Å²) in [6.07, 6.45) is 4.43. The summed E-state index contributed by atoms with van der Waals surface area (Å²) in [6.45, 7) is 7.14. The number of ether oxygens (including phenoxy) is 4. The number of hydrazine groups is 1. The predicted molar refractivity (Wildman–Crippen MR) is 91.9 cm³/mol. The number of nitrogens with zero attached hydrogens (tertiary/aromatic N) is 2. The number of amides is 1. The van der Waals surface area contributed by atoms with E-state index in [0.717, 1.165) is 38.6 Å². The van der Waals surface area contributed by atoms with Crippen molar-refractivity contribution in [2.24, 2.45) is 5.41 Å². The minimum absolute atomic E-state index is 0.00965. The van der Waals surface area contributed by atoms with Crippen LogP contribution < -0.4 is 0 Å². The van der Waals surface area contributed by atoms with Crippen LogP contribution in [0.5, 0.6) is 0 Å². The van der Waals surface area contributed by atoms with E-state index in [1.165, 1.54) is 7.11 Å². The van der Waals surface area contributed by atoms with Crippen molar-refractivity contribution in [1.82, 2.24) is 10.0 Å². The van der Waals surface area contributed by atoms with Crippen LogP contribution in [0.2, 0.25) is 0 Å². The highest BCUT2D eigenvalue weighted by atomic mass is 16.7. The van der Waals surface area contributed by atoms with Gasteiger partial charge in [-0.15, -0.1) is 0 Å². The maximum absolute atomic E-state index is 12.7. The molecule has 3 aliphatic rings. The number of hydrogen-bond donors (Lipinski definition) is 0. The van der Waals surface area contributed by atoms with Gasteiger partial charge in [-0.05, 0) is 31.6 Å². The number of carbonyl (C=O) groups excluding carboxylic acids is 1. The van der Waals surface area contributed by atoms with Crippen LogP contribution in [0.25, 0.3) is 0 Å². The van der Waals surface area contributed by atoms with Gasteiger partial charge in [0.15, 0.2) is 5.79 Å². The Labute approximate surface area is 150 Å². The predicted octanol–water partition coefficient (Wildman–Crippen LogP) is 2.40. The van der Waals surface area contributed by atoms with E-state index in [1.54, 1.807) is 7.11 Å². The minimum Gasteiger partial charge on any atom is -0.452 e. The van der Waals surface area contributed by atoms with Crippen molar-refractivity contribution >= 4 is 6.09 Å². The van der Waals surface area contributed by atoms with Gasteiger partial charge < -0.3 is 18.9 Å². The van der Waals surface area contributed by atoms with Gasteiger partial charge in [-0.2, -0.15) is 0 Å².